The molecule has 1 heterocycles. The van der Waals surface area contributed by atoms with E-state index in [4.69, 9.17) is 32.7 Å². The van der Waals surface area contributed by atoms with Crippen molar-refractivity contribution in [1.82, 2.24) is 9.71 Å². The second-order valence-electron chi connectivity index (χ2n) is 6.97. The van der Waals surface area contributed by atoms with Gasteiger partial charge in [-0.3, -0.25) is 4.79 Å². The van der Waals surface area contributed by atoms with Crippen LogP contribution in [0.5, 0.6) is 17.4 Å². The quantitative estimate of drug-likeness (QED) is 0.514. The number of carbonyl (C=O) groups excluding carboxylic acids is 1. The summed E-state index contributed by atoms with van der Waals surface area (Å²) in [6, 6.07) is 11.3. The first-order chi connectivity index (χ1) is 15.5. The number of amides is 1. The first-order valence-electron chi connectivity index (χ1n) is 9.26. The van der Waals surface area contributed by atoms with Crippen molar-refractivity contribution < 1.29 is 22.7 Å². The maximum Gasteiger partial charge on any atom is 0.264 e. The summed E-state index contributed by atoms with van der Waals surface area (Å²) in [7, 11) is -2.32. The molecule has 0 atom stereocenters. The van der Waals surface area contributed by atoms with E-state index in [1.807, 2.05) is 17.7 Å². The smallest absolute Gasteiger partial charge is 0.264 e. The van der Waals surface area contributed by atoms with Crippen LogP contribution in [0.1, 0.15) is 21.5 Å². The third-order valence-corrected chi connectivity index (χ3v) is 5.48. The van der Waals surface area contributed by atoms with Gasteiger partial charge in [-0.2, -0.15) is 5.26 Å². The fourth-order valence-corrected chi connectivity index (χ4v) is 4.07. The minimum atomic E-state index is -3.72. The number of sulfonamides is 1. The van der Waals surface area contributed by atoms with Gasteiger partial charge < -0.3 is 9.47 Å². The van der Waals surface area contributed by atoms with E-state index in [9.17, 15) is 18.5 Å². The highest BCUT2D eigenvalue weighted by Crippen LogP contribution is 2.39. The molecule has 0 aliphatic heterocycles. The van der Waals surface area contributed by atoms with E-state index in [-0.39, 0.29) is 38.6 Å². The lowest BCUT2D eigenvalue weighted by Gasteiger charge is -2.13. The van der Waals surface area contributed by atoms with E-state index < -0.39 is 15.9 Å². The summed E-state index contributed by atoms with van der Waals surface area (Å²) in [6.45, 7) is 1.83. The molecular formula is C22H17Cl2N3O5S. The number of methoxy groups -OCH3 is 1. The van der Waals surface area contributed by atoms with Gasteiger partial charge in [-0.05, 0) is 48.9 Å². The topological polar surface area (TPSA) is 118 Å². The van der Waals surface area contributed by atoms with Gasteiger partial charge in [0.2, 0.25) is 15.9 Å². The van der Waals surface area contributed by atoms with Gasteiger partial charge in [-0.25, -0.2) is 18.1 Å². The number of nitrogens with zero attached hydrogens (tertiary/aromatic N) is 2. The molecule has 0 aliphatic carbocycles. The Kier molecular flexibility index (Phi) is 7.12. The molecule has 170 valence electrons. The Morgan fingerprint density at radius 3 is 2.39 bits per heavy atom. The van der Waals surface area contributed by atoms with Crippen LogP contribution < -0.4 is 14.2 Å². The zero-order valence-corrected chi connectivity index (χ0v) is 20.0. The SMILES string of the molecule is COc1cc(C(=O)NS(C)(=O)=O)ccc1-c1cnc(Oc2c(Cl)cc(C)cc2Cl)c(C#N)c1. The Balaban J connectivity index is 1.98. The molecule has 3 aromatic rings. The van der Waals surface area contributed by atoms with Gasteiger partial charge in [0, 0.05) is 22.9 Å². The summed E-state index contributed by atoms with van der Waals surface area (Å²) < 4.78 is 35.6. The molecule has 3 rings (SSSR count). The normalized spacial score (nSPS) is 10.9. The predicted molar refractivity (Wildman–Crippen MR) is 125 cm³/mol. The van der Waals surface area contributed by atoms with Crippen LogP contribution in [-0.2, 0) is 10.0 Å². The van der Waals surface area contributed by atoms with Crippen molar-refractivity contribution in [2.45, 2.75) is 6.92 Å². The Morgan fingerprint density at radius 2 is 1.82 bits per heavy atom. The van der Waals surface area contributed by atoms with Crippen LogP contribution >= 0.6 is 23.2 Å². The van der Waals surface area contributed by atoms with Crippen molar-refractivity contribution in [3.8, 4) is 34.6 Å². The molecule has 0 spiro atoms. The molecule has 11 heteroatoms. The van der Waals surface area contributed by atoms with Gasteiger partial charge in [0.1, 0.15) is 17.4 Å². The van der Waals surface area contributed by atoms with Crippen LogP contribution in [0.15, 0.2) is 42.6 Å². The standard InChI is InChI=1S/C22H17Cl2N3O5S/c1-12-6-17(23)20(18(24)7-12)32-22-14(10-25)8-15(11-26-22)16-5-4-13(9-19(16)31-2)21(28)27-33(3,29)30/h4-9,11H,1-3H3,(H,27,28). The lowest BCUT2D eigenvalue weighted by atomic mass is 10.0. The largest absolute Gasteiger partial charge is 0.496 e. The van der Waals surface area contributed by atoms with Gasteiger partial charge in [0.25, 0.3) is 5.91 Å². The van der Waals surface area contributed by atoms with Crippen molar-refractivity contribution in [3.63, 3.8) is 0 Å². The van der Waals surface area contributed by atoms with Crippen molar-refractivity contribution in [2.24, 2.45) is 0 Å². The maximum absolute atomic E-state index is 12.1. The van der Waals surface area contributed by atoms with E-state index >= 15 is 0 Å². The van der Waals surface area contributed by atoms with Gasteiger partial charge in [0.05, 0.1) is 23.4 Å². The minimum absolute atomic E-state index is 0.0111. The second kappa shape index (κ2) is 9.67. The number of pyridine rings is 1. The van der Waals surface area contributed by atoms with Gasteiger partial charge in [-0.1, -0.05) is 23.2 Å². The van der Waals surface area contributed by atoms with E-state index in [2.05, 4.69) is 4.98 Å². The highest BCUT2D eigenvalue weighted by molar-refractivity contribution is 7.89. The number of nitrogens with one attached hydrogen (secondary N) is 1. The number of hydrogen-bond acceptors (Lipinski definition) is 7. The lowest BCUT2D eigenvalue weighted by molar-refractivity contribution is 0.0981. The molecule has 0 saturated heterocycles. The predicted octanol–water partition coefficient (Wildman–Crippen LogP) is 4.73. The van der Waals surface area contributed by atoms with Crippen molar-refractivity contribution in [2.75, 3.05) is 13.4 Å². The fourth-order valence-electron chi connectivity index (χ4n) is 2.94. The number of aryl methyl sites for hydroxylation is 1. The monoisotopic (exact) mass is 505 g/mol. The molecule has 1 N–H and O–H groups in total. The van der Waals surface area contributed by atoms with E-state index in [0.29, 0.717) is 11.1 Å². The van der Waals surface area contributed by atoms with Crippen molar-refractivity contribution in [3.05, 3.63) is 69.3 Å². The number of rotatable bonds is 6. The first kappa shape index (κ1) is 24.3. The second-order valence-corrected chi connectivity index (χ2v) is 9.53. The Labute approximate surface area is 200 Å². The summed E-state index contributed by atoms with van der Waals surface area (Å²) in [6.07, 6.45) is 2.34. The zero-order chi connectivity index (χ0) is 24.3. The number of benzene rings is 2. The van der Waals surface area contributed by atoms with Crippen LogP contribution in [0, 0.1) is 18.3 Å². The Morgan fingerprint density at radius 1 is 1.15 bits per heavy atom. The van der Waals surface area contributed by atoms with E-state index in [1.165, 1.54) is 31.5 Å². The number of hydrogen-bond donors (Lipinski definition) is 1. The molecule has 0 aliphatic rings. The molecule has 0 radical (unpaired) electrons. The lowest BCUT2D eigenvalue weighted by Crippen LogP contribution is -2.29. The molecule has 1 amide bonds. The highest BCUT2D eigenvalue weighted by atomic mass is 35.5. The Hall–Kier alpha value is -3.32. The summed E-state index contributed by atoms with van der Waals surface area (Å²) in [5.41, 5.74) is 2.07. The minimum Gasteiger partial charge on any atom is -0.496 e. The number of carbonyl (C=O) groups is 1. The molecular weight excluding hydrogens is 489 g/mol. The molecule has 0 fully saturated rings. The average molecular weight is 506 g/mol. The molecule has 8 nitrogen and oxygen atoms in total. The van der Waals surface area contributed by atoms with E-state index in [0.717, 1.165) is 11.8 Å². The average Bonchev–Trinajstić information content (AvgIpc) is 2.74. The molecule has 33 heavy (non-hydrogen) atoms. The summed E-state index contributed by atoms with van der Waals surface area (Å²) in [4.78, 5) is 16.4. The number of halogens is 2. The van der Waals surface area contributed by atoms with E-state index in [1.54, 1.807) is 18.2 Å². The number of nitriles is 1. The molecule has 0 unspecified atom stereocenters. The van der Waals surface area contributed by atoms with Gasteiger partial charge in [0.15, 0.2) is 5.75 Å². The third kappa shape index (κ3) is 5.73. The molecule has 2 aromatic carbocycles. The van der Waals surface area contributed by atoms with Crippen LogP contribution in [0.3, 0.4) is 0 Å². The zero-order valence-electron chi connectivity index (χ0n) is 17.6. The summed E-state index contributed by atoms with van der Waals surface area (Å²) in [5, 5.41) is 10.2. The van der Waals surface area contributed by atoms with Gasteiger partial charge >= 0.3 is 0 Å². The van der Waals surface area contributed by atoms with Crippen LogP contribution in [0.4, 0.5) is 0 Å². The van der Waals surface area contributed by atoms with Crippen LogP contribution in [0.2, 0.25) is 10.0 Å². The number of ether oxygens (including phenoxy) is 2. The van der Waals surface area contributed by atoms with Crippen LogP contribution in [0.25, 0.3) is 11.1 Å². The van der Waals surface area contributed by atoms with Crippen molar-refractivity contribution >= 4 is 39.1 Å². The fraction of sp³-hybridized carbons (Fsp3) is 0.136. The summed E-state index contributed by atoms with van der Waals surface area (Å²) >= 11 is 12.4. The number of aromatic nitrogens is 1. The third-order valence-electron chi connectivity index (χ3n) is 4.37. The molecule has 1 aromatic heterocycles. The molecule has 0 bridgehead atoms. The highest BCUT2D eigenvalue weighted by Gasteiger charge is 2.18. The molecule has 0 saturated carbocycles. The van der Waals surface area contributed by atoms with Crippen LogP contribution in [-0.4, -0.2) is 32.7 Å². The van der Waals surface area contributed by atoms with Gasteiger partial charge in [-0.15, -0.1) is 0 Å². The Bertz CT molecular complexity index is 1380. The maximum atomic E-state index is 12.1. The summed E-state index contributed by atoms with van der Waals surface area (Å²) in [5.74, 6) is -0.328. The van der Waals surface area contributed by atoms with Crippen molar-refractivity contribution in [1.29, 1.82) is 5.26 Å². The first-order valence-corrected chi connectivity index (χ1v) is 11.9.